The fraction of sp³-hybridized carbons (Fsp3) is 0.118. The van der Waals surface area contributed by atoms with Gasteiger partial charge in [-0.3, -0.25) is 0 Å². The Morgan fingerprint density at radius 1 is 1.12 bits per heavy atom. The Kier molecular flexibility index (Phi) is 5.53. The van der Waals surface area contributed by atoms with Crippen LogP contribution in [-0.2, 0) is 19.4 Å². The summed E-state index contributed by atoms with van der Waals surface area (Å²) in [6.07, 6.45) is 0.817. The van der Waals surface area contributed by atoms with E-state index in [0.29, 0.717) is 6.07 Å². The first-order valence-electron chi connectivity index (χ1n) is 7.07. The predicted octanol–water partition coefficient (Wildman–Crippen LogP) is 3.17. The van der Waals surface area contributed by atoms with E-state index < -0.39 is 32.3 Å². The summed E-state index contributed by atoms with van der Waals surface area (Å²) in [6.45, 7) is 1.78. The van der Waals surface area contributed by atoms with E-state index in [1.807, 2.05) is 0 Å². The van der Waals surface area contributed by atoms with Crippen LogP contribution in [0.25, 0.3) is 0 Å². The van der Waals surface area contributed by atoms with Crippen molar-refractivity contribution in [2.24, 2.45) is 0 Å². The molecule has 0 radical (unpaired) electrons. The van der Waals surface area contributed by atoms with Crippen LogP contribution < -0.4 is 5.32 Å². The highest BCUT2D eigenvalue weighted by atomic mass is 32.2. The van der Waals surface area contributed by atoms with Crippen molar-refractivity contribution >= 4 is 21.5 Å². The Labute approximate surface area is 143 Å². The summed E-state index contributed by atoms with van der Waals surface area (Å²) in [5.41, 5.74) is 0.649. The summed E-state index contributed by atoms with van der Waals surface area (Å²) >= 11 is 0. The van der Waals surface area contributed by atoms with Crippen molar-refractivity contribution in [1.29, 1.82) is 0 Å². The number of ether oxygens (including phenoxy) is 1. The van der Waals surface area contributed by atoms with E-state index in [0.717, 1.165) is 31.0 Å². The van der Waals surface area contributed by atoms with Gasteiger partial charge in [0.2, 0.25) is 9.84 Å². The van der Waals surface area contributed by atoms with Crippen LogP contribution in [0.5, 0.6) is 0 Å². The maximum absolute atomic E-state index is 13.7. The van der Waals surface area contributed by atoms with Gasteiger partial charge in [-0.1, -0.05) is 17.7 Å². The third kappa shape index (κ3) is 4.21. The van der Waals surface area contributed by atoms with Crippen molar-refractivity contribution in [3.63, 3.8) is 0 Å². The van der Waals surface area contributed by atoms with Crippen LogP contribution in [0.2, 0.25) is 0 Å². The minimum absolute atomic E-state index is 0.115. The molecule has 0 aliphatic carbocycles. The fourth-order valence-electron chi connectivity index (χ4n) is 1.94. The number of esters is 1. The normalized spacial score (nSPS) is 11.9. The number of hydrogen-bond donors (Lipinski definition) is 1. The van der Waals surface area contributed by atoms with Crippen molar-refractivity contribution in [2.75, 3.05) is 12.4 Å². The van der Waals surface area contributed by atoms with Crippen LogP contribution >= 0.6 is 0 Å². The van der Waals surface area contributed by atoms with E-state index in [4.69, 9.17) is 0 Å². The molecular formula is C17H15F2NO4S. The summed E-state index contributed by atoms with van der Waals surface area (Å²) in [5, 5.41) is 2.36. The van der Waals surface area contributed by atoms with Gasteiger partial charge in [-0.15, -0.1) is 0 Å². The number of aryl methyl sites for hydroxylation is 1. The van der Waals surface area contributed by atoms with Crippen molar-refractivity contribution < 1.29 is 26.7 Å². The number of carbonyl (C=O) groups excluding carboxylic acids is 1. The molecule has 0 heterocycles. The topological polar surface area (TPSA) is 72.5 Å². The molecule has 0 fully saturated rings. The van der Waals surface area contributed by atoms with Gasteiger partial charge < -0.3 is 10.1 Å². The molecule has 2 aromatic carbocycles. The van der Waals surface area contributed by atoms with Gasteiger partial charge in [0.15, 0.2) is 4.91 Å². The van der Waals surface area contributed by atoms with Crippen LogP contribution in [0.4, 0.5) is 14.5 Å². The third-order valence-corrected chi connectivity index (χ3v) is 5.05. The third-order valence-electron chi connectivity index (χ3n) is 3.30. The van der Waals surface area contributed by atoms with Crippen LogP contribution in [0.1, 0.15) is 5.56 Å². The highest BCUT2D eigenvalue weighted by molar-refractivity contribution is 7.96. The van der Waals surface area contributed by atoms with Gasteiger partial charge >= 0.3 is 5.97 Å². The largest absolute Gasteiger partial charge is 0.465 e. The molecule has 2 aromatic rings. The first-order valence-corrected chi connectivity index (χ1v) is 8.56. The molecule has 0 amide bonds. The highest BCUT2D eigenvalue weighted by Gasteiger charge is 2.28. The van der Waals surface area contributed by atoms with Crippen molar-refractivity contribution in [3.05, 3.63) is 70.8 Å². The number of rotatable bonds is 5. The number of anilines is 1. The molecule has 0 saturated heterocycles. The Morgan fingerprint density at radius 2 is 1.76 bits per heavy atom. The number of hydrogen-bond acceptors (Lipinski definition) is 5. The van der Waals surface area contributed by atoms with Gasteiger partial charge in [-0.25, -0.2) is 22.0 Å². The standard InChI is InChI=1S/C17H15F2NO4S/c1-11-3-6-13(7-4-11)25(22,23)16(17(21)24-2)10-20-15-8-5-12(18)9-14(15)19/h3-10,20H,1-2H3. The average Bonchev–Trinajstić information content (AvgIpc) is 2.56. The lowest BCUT2D eigenvalue weighted by molar-refractivity contribution is -0.135. The van der Waals surface area contributed by atoms with Gasteiger partial charge in [-0.2, -0.15) is 0 Å². The van der Waals surface area contributed by atoms with Crippen molar-refractivity contribution in [3.8, 4) is 0 Å². The first-order chi connectivity index (χ1) is 11.8. The first kappa shape index (κ1) is 18.6. The SMILES string of the molecule is COC(=O)C(=CNc1ccc(F)cc1F)S(=O)(=O)c1ccc(C)cc1. The lowest BCUT2D eigenvalue weighted by atomic mass is 10.2. The summed E-state index contributed by atoms with van der Waals surface area (Å²) in [5.74, 6) is -2.84. The van der Waals surface area contributed by atoms with E-state index in [9.17, 15) is 22.0 Å². The number of sulfone groups is 1. The minimum atomic E-state index is -4.19. The molecule has 2 rings (SSSR count). The molecular weight excluding hydrogens is 352 g/mol. The van der Waals surface area contributed by atoms with Gasteiger partial charge in [0.1, 0.15) is 11.6 Å². The second-order valence-corrected chi connectivity index (χ2v) is 7.00. The molecule has 0 aliphatic heterocycles. The van der Waals surface area contributed by atoms with Gasteiger partial charge in [0.05, 0.1) is 17.7 Å². The number of nitrogens with one attached hydrogen (secondary N) is 1. The van der Waals surface area contributed by atoms with E-state index >= 15 is 0 Å². The molecule has 0 spiro atoms. The fourth-order valence-corrected chi connectivity index (χ4v) is 3.21. The summed E-state index contributed by atoms with van der Waals surface area (Å²) in [6, 6.07) is 8.55. The molecule has 0 aliphatic rings. The predicted molar refractivity (Wildman–Crippen MR) is 88.4 cm³/mol. The zero-order valence-corrected chi connectivity index (χ0v) is 14.2. The zero-order valence-electron chi connectivity index (χ0n) is 13.4. The highest BCUT2D eigenvalue weighted by Crippen LogP contribution is 2.22. The van der Waals surface area contributed by atoms with Gasteiger partial charge in [0.25, 0.3) is 0 Å². The quantitative estimate of drug-likeness (QED) is 0.649. The lowest BCUT2D eigenvalue weighted by Gasteiger charge is -2.09. The molecule has 0 aromatic heterocycles. The average molecular weight is 367 g/mol. The number of benzene rings is 2. The van der Waals surface area contributed by atoms with Crippen LogP contribution in [0, 0.1) is 18.6 Å². The van der Waals surface area contributed by atoms with E-state index in [-0.39, 0.29) is 10.6 Å². The Balaban J connectivity index is 2.45. The monoisotopic (exact) mass is 367 g/mol. The second kappa shape index (κ2) is 7.43. The molecule has 0 bridgehead atoms. The number of methoxy groups -OCH3 is 1. The molecule has 25 heavy (non-hydrogen) atoms. The maximum Gasteiger partial charge on any atom is 0.351 e. The summed E-state index contributed by atoms with van der Waals surface area (Å²) < 4.78 is 56.4. The molecule has 0 saturated carbocycles. The number of halogens is 2. The molecule has 132 valence electrons. The maximum atomic E-state index is 13.7. The Hall–Kier alpha value is -2.74. The molecule has 5 nitrogen and oxygen atoms in total. The Bertz CT molecular complexity index is 922. The number of carbonyl (C=O) groups is 1. The minimum Gasteiger partial charge on any atom is -0.465 e. The molecule has 0 atom stereocenters. The van der Waals surface area contributed by atoms with Crippen LogP contribution in [0.3, 0.4) is 0 Å². The smallest absolute Gasteiger partial charge is 0.351 e. The second-order valence-electron chi connectivity index (χ2n) is 5.09. The molecule has 0 unspecified atom stereocenters. The van der Waals surface area contributed by atoms with Crippen molar-refractivity contribution in [2.45, 2.75) is 11.8 Å². The zero-order chi connectivity index (χ0) is 18.6. The van der Waals surface area contributed by atoms with E-state index in [2.05, 4.69) is 10.1 Å². The summed E-state index contributed by atoms with van der Waals surface area (Å²) in [4.78, 5) is 11.1. The Morgan fingerprint density at radius 3 is 2.32 bits per heavy atom. The van der Waals surface area contributed by atoms with Crippen LogP contribution in [-0.4, -0.2) is 21.5 Å². The van der Waals surface area contributed by atoms with E-state index in [1.54, 1.807) is 19.1 Å². The lowest BCUT2D eigenvalue weighted by Crippen LogP contribution is -2.17. The van der Waals surface area contributed by atoms with Gasteiger partial charge in [-0.05, 0) is 31.2 Å². The van der Waals surface area contributed by atoms with E-state index in [1.165, 1.54) is 12.1 Å². The van der Waals surface area contributed by atoms with Crippen molar-refractivity contribution in [1.82, 2.24) is 0 Å². The van der Waals surface area contributed by atoms with Crippen LogP contribution in [0.15, 0.2) is 58.5 Å². The van der Waals surface area contributed by atoms with Gasteiger partial charge in [0, 0.05) is 12.3 Å². The summed E-state index contributed by atoms with van der Waals surface area (Å²) in [7, 11) is -3.17. The molecule has 1 N–H and O–H groups in total. The molecule has 8 heteroatoms.